The lowest BCUT2D eigenvalue weighted by Gasteiger charge is -2.18. The Hall–Kier alpha value is -1.59. The number of rotatable bonds is 49. The maximum atomic E-state index is 12.8. The number of carbonyl (C=O) groups excluding carboxylic acids is 3. The smallest absolute Gasteiger partial charge is 0.306 e. The first-order valence-corrected chi connectivity index (χ1v) is 27.3. The lowest BCUT2D eigenvalue weighted by molar-refractivity contribution is -0.167. The van der Waals surface area contributed by atoms with Crippen LogP contribution < -0.4 is 0 Å². The summed E-state index contributed by atoms with van der Waals surface area (Å²) in [4.78, 5) is 38.0. The summed E-state index contributed by atoms with van der Waals surface area (Å²) in [6.07, 6.45) is 49.4. The van der Waals surface area contributed by atoms with Gasteiger partial charge < -0.3 is 14.2 Å². The van der Waals surface area contributed by atoms with Crippen molar-refractivity contribution in [2.75, 3.05) is 13.2 Å². The predicted octanol–water partition coefficient (Wildman–Crippen LogP) is 17.7. The molecule has 0 aromatic rings. The molecule has 6 heteroatoms. The summed E-state index contributed by atoms with van der Waals surface area (Å²) in [6.45, 7) is 11.4. The first-order valence-electron chi connectivity index (χ1n) is 27.3. The van der Waals surface area contributed by atoms with Crippen LogP contribution in [0.2, 0.25) is 0 Å². The summed E-state index contributed by atoms with van der Waals surface area (Å²) < 4.78 is 16.8. The van der Waals surface area contributed by atoms with E-state index < -0.39 is 6.10 Å². The fraction of sp³-hybridized carbons (Fsp3) is 0.945. The molecular formula is C55H106O6. The fourth-order valence-corrected chi connectivity index (χ4v) is 8.31. The summed E-state index contributed by atoms with van der Waals surface area (Å²) in [5.74, 6) is 0.874. The number of ether oxygens (including phenoxy) is 3. The minimum Gasteiger partial charge on any atom is -0.462 e. The average molecular weight is 863 g/mol. The van der Waals surface area contributed by atoms with Gasteiger partial charge in [-0.2, -0.15) is 0 Å². The first kappa shape index (κ1) is 59.4. The van der Waals surface area contributed by atoms with Crippen LogP contribution in [-0.2, 0) is 28.6 Å². The molecule has 0 radical (unpaired) electrons. The van der Waals surface area contributed by atoms with E-state index in [4.69, 9.17) is 14.2 Å². The van der Waals surface area contributed by atoms with Crippen LogP contribution in [0.4, 0.5) is 0 Å². The molecule has 0 rings (SSSR count). The van der Waals surface area contributed by atoms with E-state index in [1.54, 1.807) is 0 Å². The van der Waals surface area contributed by atoms with Crippen LogP contribution in [0.1, 0.15) is 304 Å². The molecule has 0 aromatic heterocycles. The van der Waals surface area contributed by atoms with Crippen LogP contribution in [0.5, 0.6) is 0 Å². The summed E-state index contributed by atoms with van der Waals surface area (Å²) in [6, 6.07) is 0. The third-order valence-corrected chi connectivity index (χ3v) is 12.8. The van der Waals surface area contributed by atoms with Gasteiger partial charge in [-0.1, -0.05) is 266 Å². The molecule has 0 aliphatic heterocycles. The van der Waals surface area contributed by atoms with Gasteiger partial charge in [0, 0.05) is 19.3 Å². The zero-order valence-corrected chi connectivity index (χ0v) is 41.8. The van der Waals surface area contributed by atoms with E-state index in [2.05, 4.69) is 34.6 Å². The SMILES string of the molecule is CCCCCCCCCCCCCC(=O)O[C@@H](COC(=O)CCCCCCCCCCCCCCCCCC(C)C)COC(=O)CCCCCCCCCCCCC(C)CC. The van der Waals surface area contributed by atoms with Crippen molar-refractivity contribution in [3.05, 3.63) is 0 Å². The van der Waals surface area contributed by atoms with E-state index in [9.17, 15) is 14.4 Å². The topological polar surface area (TPSA) is 78.9 Å². The van der Waals surface area contributed by atoms with E-state index in [0.717, 1.165) is 69.6 Å². The van der Waals surface area contributed by atoms with Crippen molar-refractivity contribution in [3.8, 4) is 0 Å². The van der Waals surface area contributed by atoms with Gasteiger partial charge in [0.1, 0.15) is 13.2 Å². The second-order valence-corrected chi connectivity index (χ2v) is 19.6. The Morgan fingerprint density at radius 1 is 0.344 bits per heavy atom. The molecule has 0 saturated heterocycles. The van der Waals surface area contributed by atoms with Crippen LogP contribution in [0.3, 0.4) is 0 Å². The van der Waals surface area contributed by atoms with Gasteiger partial charge >= 0.3 is 17.9 Å². The van der Waals surface area contributed by atoms with Crippen LogP contribution in [0.15, 0.2) is 0 Å². The molecule has 362 valence electrons. The van der Waals surface area contributed by atoms with Crippen molar-refractivity contribution in [1.82, 2.24) is 0 Å². The van der Waals surface area contributed by atoms with Crippen LogP contribution >= 0.6 is 0 Å². The number of carbonyl (C=O) groups is 3. The number of hydrogen-bond acceptors (Lipinski definition) is 6. The maximum Gasteiger partial charge on any atom is 0.306 e. The summed E-state index contributed by atoms with van der Waals surface area (Å²) >= 11 is 0. The molecule has 2 atom stereocenters. The number of hydrogen-bond donors (Lipinski definition) is 0. The van der Waals surface area contributed by atoms with E-state index in [1.165, 1.54) is 193 Å². The van der Waals surface area contributed by atoms with Gasteiger partial charge in [-0.3, -0.25) is 14.4 Å². The van der Waals surface area contributed by atoms with Gasteiger partial charge in [0.15, 0.2) is 6.10 Å². The second kappa shape index (κ2) is 47.9. The Balaban J connectivity index is 4.26. The quantitative estimate of drug-likeness (QED) is 0.0344. The van der Waals surface area contributed by atoms with Crippen molar-refractivity contribution >= 4 is 17.9 Å². The minimum atomic E-state index is -0.761. The standard InChI is InChI=1S/C55H106O6/c1-6-8-9-10-11-12-18-27-32-37-42-47-55(58)61-52(49-60-54(57)46-41-36-31-26-22-21-24-29-34-39-44-51(5)7-2)48-59-53(56)45-40-35-30-25-20-17-15-13-14-16-19-23-28-33-38-43-50(3)4/h50-52H,6-49H2,1-5H3/t51?,52-/m0/s1. The first-order chi connectivity index (χ1) is 29.8. The van der Waals surface area contributed by atoms with Crippen LogP contribution in [0, 0.1) is 11.8 Å². The van der Waals surface area contributed by atoms with E-state index in [-0.39, 0.29) is 31.1 Å². The molecular weight excluding hydrogens is 757 g/mol. The van der Waals surface area contributed by atoms with Crippen LogP contribution in [-0.4, -0.2) is 37.2 Å². The van der Waals surface area contributed by atoms with Gasteiger partial charge in [0.05, 0.1) is 0 Å². The largest absolute Gasteiger partial charge is 0.462 e. The molecule has 0 aliphatic carbocycles. The molecule has 0 N–H and O–H groups in total. The Bertz CT molecular complexity index is 933. The summed E-state index contributed by atoms with van der Waals surface area (Å²) in [5, 5.41) is 0. The monoisotopic (exact) mass is 863 g/mol. The highest BCUT2D eigenvalue weighted by molar-refractivity contribution is 5.71. The van der Waals surface area contributed by atoms with Crippen molar-refractivity contribution < 1.29 is 28.6 Å². The van der Waals surface area contributed by atoms with E-state index in [0.29, 0.717) is 19.3 Å². The Labute approximate surface area is 380 Å². The van der Waals surface area contributed by atoms with Crippen LogP contribution in [0.25, 0.3) is 0 Å². The Kier molecular flexibility index (Phi) is 46.6. The highest BCUT2D eigenvalue weighted by atomic mass is 16.6. The Morgan fingerprint density at radius 2 is 0.623 bits per heavy atom. The Morgan fingerprint density at radius 3 is 0.934 bits per heavy atom. The molecule has 0 heterocycles. The molecule has 0 amide bonds. The van der Waals surface area contributed by atoms with Gasteiger partial charge in [-0.25, -0.2) is 0 Å². The van der Waals surface area contributed by atoms with E-state index in [1.807, 2.05) is 0 Å². The zero-order valence-electron chi connectivity index (χ0n) is 41.8. The number of unbranched alkanes of at least 4 members (excludes halogenated alkanes) is 33. The normalized spacial score (nSPS) is 12.5. The second-order valence-electron chi connectivity index (χ2n) is 19.6. The average Bonchev–Trinajstić information content (AvgIpc) is 3.24. The highest BCUT2D eigenvalue weighted by Crippen LogP contribution is 2.18. The van der Waals surface area contributed by atoms with Crippen molar-refractivity contribution in [3.63, 3.8) is 0 Å². The van der Waals surface area contributed by atoms with Crippen molar-refractivity contribution in [2.24, 2.45) is 11.8 Å². The summed E-state index contributed by atoms with van der Waals surface area (Å²) in [7, 11) is 0. The van der Waals surface area contributed by atoms with Gasteiger partial charge in [0.2, 0.25) is 0 Å². The molecule has 0 fully saturated rings. The minimum absolute atomic E-state index is 0.0632. The van der Waals surface area contributed by atoms with Gasteiger partial charge in [-0.05, 0) is 31.1 Å². The van der Waals surface area contributed by atoms with Crippen molar-refractivity contribution in [1.29, 1.82) is 0 Å². The van der Waals surface area contributed by atoms with Crippen molar-refractivity contribution in [2.45, 2.75) is 310 Å². The molecule has 0 spiro atoms. The predicted molar refractivity (Wildman–Crippen MR) is 261 cm³/mol. The zero-order chi connectivity index (χ0) is 44.7. The number of esters is 3. The molecule has 0 aliphatic rings. The lowest BCUT2D eigenvalue weighted by Crippen LogP contribution is -2.30. The molecule has 61 heavy (non-hydrogen) atoms. The van der Waals surface area contributed by atoms with Gasteiger partial charge in [-0.15, -0.1) is 0 Å². The molecule has 0 aromatic carbocycles. The molecule has 1 unspecified atom stereocenters. The molecule has 0 saturated carbocycles. The third kappa shape index (κ3) is 47.7. The summed E-state index contributed by atoms with van der Waals surface area (Å²) in [5.41, 5.74) is 0. The molecule has 6 nitrogen and oxygen atoms in total. The highest BCUT2D eigenvalue weighted by Gasteiger charge is 2.19. The lowest BCUT2D eigenvalue weighted by atomic mass is 9.99. The maximum absolute atomic E-state index is 12.8. The fourth-order valence-electron chi connectivity index (χ4n) is 8.31. The third-order valence-electron chi connectivity index (χ3n) is 12.8. The van der Waals surface area contributed by atoms with E-state index >= 15 is 0 Å². The molecule has 0 bridgehead atoms. The van der Waals surface area contributed by atoms with Gasteiger partial charge in [0.25, 0.3) is 0 Å².